The number of rotatable bonds is 6. The molecule has 21 heavy (non-hydrogen) atoms. The molecule has 0 atom stereocenters. The first-order valence-electron chi connectivity index (χ1n) is 6.24. The van der Waals surface area contributed by atoms with Crippen molar-refractivity contribution >= 4 is 18.3 Å². The molecule has 0 bridgehead atoms. The number of nitrogens with two attached hydrogens (primary N) is 1. The second kappa shape index (κ2) is 7.99. The minimum atomic E-state index is -0.263. The van der Waals surface area contributed by atoms with Crippen molar-refractivity contribution in [2.24, 2.45) is 11.1 Å². The van der Waals surface area contributed by atoms with Gasteiger partial charge < -0.3 is 20.1 Å². The first kappa shape index (κ1) is 19.4. The summed E-state index contributed by atoms with van der Waals surface area (Å²) in [6.45, 7) is 4.97. The monoisotopic (exact) mass is 318 g/mol. The molecule has 1 amide bonds. The molecule has 1 aromatic heterocycles. The van der Waals surface area contributed by atoms with Gasteiger partial charge in [-0.2, -0.15) is 0 Å². The molecule has 0 spiro atoms. The number of ether oxygens (including phenoxy) is 2. The molecule has 0 radical (unpaired) electrons. The highest BCUT2D eigenvalue weighted by Crippen LogP contribution is 2.26. The number of amides is 1. The molecule has 2 N–H and O–H groups in total. The highest BCUT2D eigenvalue weighted by atomic mass is 35.5. The predicted molar refractivity (Wildman–Crippen MR) is 82.2 cm³/mol. The Morgan fingerprint density at radius 1 is 1.29 bits per heavy atom. The summed E-state index contributed by atoms with van der Waals surface area (Å²) in [4.78, 5) is 22.0. The molecule has 1 rings (SSSR count). The van der Waals surface area contributed by atoms with E-state index in [1.807, 2.05) is 13.8 Å². The molecule has 1 aromatic rings. The molecule has 0 aliphatic rings. The highest BCUT2D eigenvalue weighted by molar-refractivity contribution is 5.98. The van der Waals surface area contributed by atoms with Crippen LogP contribution in [0.1, 0.15) is 24.2 Å². The van der Waals surface area contributed by atoms with E-state index in [0.717, 1.165) is 0 Å². The second-order valence-corrected chi connectivity index (χ2v) is 5.30. The summed E-state index contributed by atoms with van der Waals surface area (Å²) in [6, 6.07) is 0. The van der Waals surface area contributed by atoms with Gasteiger partial charge in [0.05, 0.1) is 14.2 Å². The van der Waals surface area contributed by atoms with Crippen LogP contribution in [0, 0.1) is 5.41 Å². The number of carbonyl (C=O) groups is 1. The van der Waals surface area contributed by atoms with Crippen LogP contribution in [0.3, 0.4) is 0 Å². The molecular formula is C13H23ClN4O3. The molecule has 0 saturated heterocycles. The van der Waals surface area contributed by atoms with Crippen LogP contribution in [0.4, 0.5) is 0 Å². The standard InChI is InChI=1S/C13H22N4O3.ClH/c1-13(2,6-14)7-17(3)12(18)9-10(19-4)15-8-16-11(9)20-5;/h8H,6-7,14H2,1-5H3;1H. The summed E-state index contributed by atoms with van der Waals surface area (Å²) in [5, 5.41) is 0. The number of methoxy groups -OCH3 is 2. The molecule has 120 valence electrons. The quantitative estimate of drug-likeness (QED) is 0.840. The van der Waals surface area contributed by atoms with Crippen LogP contribution in [-0.2, 0) is 0 Å². The first-order valence-corrected chi connectivity index (χ1v) is 6.24. The molecule has 0 saturated carbocycles. The van der Waals surface area contributed by atoms with E-state index in [1.165, 1.54) is 20.5 Å². The number of aromatic nitrogens is 2. The summed E-state index contributed by atoms with van der Waals surface area (Å²) >= 11 is 0. The smallest absolute Gasteiger partial charge is 0.264 e. The van der Waals surface area contributed by atoms with Crippen molar-refractivity contribution in [1.29, 1.82) is 0 Å². The van der Waals surface area contributed by atoms with E-state index in [-0.39, 0.29) is 41.1 Å². The van der Waals surface area contributed by atoms with E-state index >= 15 is 0 Å². The Bertz CT molecular complexity index is 460. The number of hydrogen-bond acceptors (Lipinski definition) is 6. The number of halogens is 1. The molecule has 8 heteroatoms. The Kier molecular flexibility index (Phi) is 7.38. The lowest BCUT2D eigenvalue weighted by atomic mass is 9.93. The van der Waals surface area contributed by atoms with Gasteiger partial charge in [-0.25, -0.2) is 9.97 Å². The predicted octanol–water partition coefficient (Wildman–Crippen LogP) is 0.972. The van der Waals surface area contributed by atoms with E-state index in [2.05, 4.69) is 9.97 Å². The number of hydrogen-bond donors (Lipinski definition) is 1. The maximum atomic E-state index is 12.5. The SMILES string of the molecule is COc1ncnc(OC)c1C(=O)N(C)CC(C)(C)CN.Cl. The van der Waals surface area contributed by atoms with Crippen molar-refractivity contribution in [3.05, 3.63) is 11.9 Å². The first-order chi connectivity index (χ1) is 9.36. The third-order valence-corrected chi connectivity index (χ3v) is 2.94. The molecule has 0 aliphatic carbocycles. The van der Waals surface area contributed by atoms with Crippen LogP contribution < -0.4 is 15.2 Å². The van der Waals surface area contributed by atoms with E-state index in [0.29, 0.717) is 13.1 Å². The van der Waals surface area contributed by atoms with Gasteiger partial charge in [-0.05, 0) is 12.0 Å². The van der Waals surface area contributed by atoms with Gasteiger partial charge in [0, 0.05) is 13.6 Å². The Hall–Kier alpha value is -1.60. The molecule has 0 aliphatic heterocycles. The fourth-order valence-electron chi connectivity index (χ4n) is 1.82. The summed E-state index contributed by atoms with van der Waals surface area (Å²) in [6.07, 6.45) is 1.29. The fraction of sp³-hybridized carbons (Fsp3) is 0.615. The van der Waals surface area contributed by atoms with Crippen molar-refractivity contribution in [2.45, 2.75) is 13.8 Å². The summed E-state index contributed by atoms with van der Waals surface area (Å²) < 4.78 is 10.2. The van der Waals surface area contributed by atoms with Gasteiger partial charge in [-0.15, -0.1) is 12.4 Å². The summed E-state index contributed by atoms with van der Waals surface area (Å²) in [5.74, 6) is 0.124. The Morgan fingerprint density at radius 2 is 1.76 bits per heavy atom. The molecule has 0 fully saturated rings. The Labute approximate surface area is 131 Å². The van der Waals surface area contributed by atoms with Gasteiger partial charge in [0.2, 0.25) is 11.8 Å². The van der Waals surface area contributed by atoms with Crippen LogP contribution in [-0.4, -0.2) is 55.1 Å². The largest absolute Gasteiger partial charge is 0.480 e. The number of carbonyl (C=O) groups excluding carboxylic acids is 1. The molecular weight excluding hydrogens is 296 g/mol. The maximum absolute atomic E-state index is 12.5. The highest BCUT2D eigenvalue weighted by Gasteiger charge is 2.27. The minimum Gasteiger partial charge on any atom is -0.480 e. The van der Waals surface area contributed by atoms with Crippen molar-refractivity contribution in [3.8, 4) is 11.8 Å². The van der Waals surface area contributed by atoms with Crippen LogP contribution in [0.2, 0.25) is 0 Å². The number of nitrogens with zero attached hydrogens (tertiary/aromatic N) is 3. The van der Waals surface area contributed by atoms with Gasteiger partial charge in [0.15, 0.2) is 5.56 Å². The lowest BCUT2D eigenvalue weighted by Gasteiger charge is -2.29. The fourth-order valence-corrected chi connectivity index (χ4v) is 1.82. The van der Waals surface area contributed by atoms with E-state index in [1.54, 1.807) is 11.9 Å². The average molecular weight is 319 g/mol. The van der Waals surface area contributed by atoms with Gasteiger partial charge >= 0.3 is 0 Å². The van der Waals surface area contributed by atoms with Crippen molar-refractivity contribution in [2.75, 3.05) is 34.4 Å². The summed E-state index contributed by atoms with van der Waals surface area (Å²) in [5.41, 5.74) is 5.73. The lowest BCUT2D eigenvalue weighted by molar-refractivity contribution is 0.0731. The van der Waals surface area contributed by atoms with Crippen LogP contribution >= 0.6 is 12.4 Å². The normalized spacial score (nSPS) is 10.6. The third-order valence-electron chi connectivity index (χ3n) is 2.94. The average Bonchev–Trinajstić information content (AvgIpc) is 2.44. The molecule has 0 unspecified atom stereocenters. The van der Waals surface area contributed by atoms with Crippen molar-refractivity contribution < 1.29 is 14.3 Å². The van der Waals surface area contributed by atoms with Gasteiger partial charge in [-0.3, -0.25) is 4.79 Å². The Morgan fingerprint density at radius 3 is 2.14 bits per heavy atom. The lowest BCUT2D eigenvalue weighted by Crippen LogP contribution is -2.40. The minimum absolute atomic E-state index is 0. The van der Waals surface area contributed by atoms with Crippen LogP contribution in [0.5, 0.6) is 11.8 Å². The van der Waals surface area contributed by atoms with E-state index in [4.69, 9.17) is 15.2 Å². The van der Waals surface area contributed by atoms with Crippen LogP contribution in [0.25, 0.3) is 0 Å². The zero-order valence-electron chi connectivity index (χ0n) is 13.0. The van der Waals surface area contributed by atoms with Gasteiger partial charge in [-0.1, -0.05) is 13.8 Å². The molecule has 7 nitrogen and oxygen atoms in total. The second-order valence-electron chi connectivity index (χ2n) is 5.30. The summed E-state index contributed by atoms with van der Waals surface area (Å²) in [7, 11) is 4.59. The Balaban J connectivity index is 0.00000400. The topological polar surface area (TPSA) is 90.6 Å². The zero-order valence-corrected chi connectivity index (χ0v) is 13.9. The third kappa shape index (κ3) is 4.71. The van der Waals surface area contributed by atoms with Crippen LogP contribution in [0.15, 0.2) is 6.33 Å². The van der Waals surface area contributed by atoms with Crippen molar-refractivity contribution in [3.63, 3.8) is 0 Å². The van der Waals surface area contributed by atoms with E-state index < -0.39 is 0 Å². The van der Waals surface area contributed by atoms with Gasteiger partial charge in [0.1, 0.15) is 6.33 Å². The molecule has 1 heterocycles. The molecule has 0 aromatic carbocycles. The van der Waals surface area contributed by atoms with E-state index in [9.17, 15) is 4.79 Å². The van der Waals surface area contributed by atoms with Crippen molar-refractivity contribution in [1.82, 2.24) is 14.9 Å². The van der Waals surface area contributed by atoms with Gasteiger partial charge in [0.25, 0.3) is 5.91 Å². The maximum Gasteiger partial charge on any atom is 0.264 e. The zero-order chi connectivity index (χ0) is 15.3.